The van der Waals surface area contributed by atoms with Gasteiger partial charge in [0.1, 0.15) is 19.6 Å². The molecule has 1 saturated carbocycles. The second-order valence-corrected chi connectivity index (χ2v) is 8.57. The molecule has 3 aliphatic rings. The number of amides is 1. The van der Waals surface area contributed by atoms with Crippen LogP contribution >= 0.6 is 0 Å². The van der Waals surface area contributed by atoms with E-state index in [-0.39, 0.29) is 18.4 Å². The lowest BCUT2D eigenvalue weighted by Gasteiger charge is -2.37. The van der Waals surface area contributed by atoms with E-state index in [2.05, 4.69) is 27.2 Å². The summed E-state index contributed by atoms with van der Waals surface area (Å²) in [5, 5.41) is 11.6. The Hall–Kier alpha value is -2.46. The number of nitriles is 1. The molecule has 162 valence electrons. The van der Waals surface area contributed by atoms with Gasteiger partial charge < -0.3 is 19.7 Å². The molecule has 2 aliphatic heterocycles. The number of hydrogen-bond acceptors (Lipinski definition) is 6. The molecule has 30 heavy (non-hydrogen) atoms. The van der Waals surface area contributed by atoms with Crippen LogP contribution in [-0.4, -0.2) is 62.8 Å². The van der Waals surface area contributed by atoms with Crippen LogP contribution in [0.25, 0.3) is 0 Å². The van der Waals surface area contributed by atoms with Gasteiger partial charge in [0.15, 0.2) is 11.5 Å². The second kappa shape index (κ2) is 10.0. The lowest BCUT2D eigenvalue weighted by Crippen LogP contribution is -2.47. The zero-order chi connectivity index (χ0) is 20.8. The van der Waals surface area contributed by atoms with Crippen molar-refractivity contribution in [2.24, 2.45) is 5.92 Å². The molecule has 0 bridgehead atoms. The number of piperazine rings is 1. The minimum absolute atomic E-state index is 0.0296. The van der Waals surface area contributed by atoms with Crippen molar-refractivity contribution in [2.45, 2.75) is 44.6 Å². The van der Waals surface area contributed by atoms with E-state index >= 15 is 0 Å². The number of hydrogen-bond donors (Lipinski definition) is 1. The predicted molar refractivity (Wildman–Crippen MR) is 115 cm³/mol. The zero-order valence-corrected chi connectivity index (χ0v) is 17.6. The lowest BCUT2D eigenvalue weighted by molar-refractivity contribution is -0.121. The van der Waals surface area contributed by atoms with Gasteiger partial charge in [-0.1, -0.05) is 0 Å². The van der Waals surface area contributed by atoms with Crippen molar-refractivity contribution in [3.8, 4) is 17.6 Å². The molecular formula is C23H32N4O3. The molecule has 1 N–H and O–H groups in total. The van der Waals surface area contributed by atoms with Crippen molar-refractivity contribution >= 4 is 11.6 Å². The molecule has 0 atom stereocenters. The SMILES string of the molecule is N#CCC(=O)N[C@H]1CC[C@H](CCN2CCN(c3ccc4c(c3)OCCO4)CC2)CC1. The molecule has 1 aliphatic carbocycles. The van der Waals surface area contributed by atoms with Gasteiger partial charge in [-0.25, -0.2) is 0 Å². The summed E-state index contributed by atoms with van der Waals surface area (Å²) in [6, 6.07) is 8.45. The smallest absolute Gasteiger partial charge is 0.234 e. The Morgan fingerprint density at radius 1 is 1.07 bits per heavy atom. The van der Waals surface area contributed by atoms with Gasteiger partial charge in [-0.2, -0.15) is 5.26 Å². The van der Waals surface area contributed by atoms with Crippen LogP contribution in [0.1, 0.15) is 38.5 Å². The summed E-state index contributed by atoms with van der Waals surface area (Å²) in [6.45, 7) is 6.67. The van der Waals surface area contributed by atoms with Crippen molar-refractivity contribution in [2.75, 3.05) is 50.8 Å². The summed E-state index contributed by atoms with van der Waals surface area (Å²) in [6.07, 6.45) is 5.64. The second-order valence-electron chi connectivity index (χ2n) is 8.57. The third-order valence-corrected chi connectivity index (χ3v) is 6.57. The molecule has 7 heteroatoms. The molecule has 2 heterocycles. The largest absolute Gasteiger partial charge is 0.486 e. The quantitative estimate of drug-likeness (QED) is 0.774. The van der Waals surface area contributed by atoms with E-state index in [1.807, 2.05) is 12.1 Å². The van der Waals surface area contributed by atoms with Crippen molar-refractivity contribution in [1.29, 1.82) is 5.26 Å². The fourth-order valence-corrected chi connectivity index (χ4v) is 4.77. The Morgan fingerprint density at radius 3 is 2.53 bits per heavy atom. The third kappa shape index (κ3) is 5.37. The molecule has 1 aromatic rings. The Kier molecular flexibility index (Phi) is 6.96. The highest BCUT2D eigenvalue weighted by molar-refractivity contribution is 5.78. The first-order valence-corrected chi connectivity index (χ1v) is 11.2. The topological polar surface area (TPSA) is 77.8 Å². The average molecular weight is 413 g/mol. The number of nitrogens with zero attached hydrogens (tertiary/aromatic N) is 3. The third-order valence-electron chi connectivity index (χ3n) is 6.57. The van der Waals surface area contributed by atoms with E-state index in [1.165, 1.54) is 24.9 Å². The van der Waals surface area contributed by atoms with Gasteiger partial charge in [-0.3, -0.25) is 9.69 Å². The van der Waals surface area contributed by atoms with E-state index in [1.54, 1.807) is 0 Å². The Morgan fingerprint density at radius 2 is 1.80 bits per heavy atom. The Balaban J connectivity index is 1.16. The van der Waals surface area contributed by atoms with Gasteiger partial charge in [0, 0.05) is 44.0 Å². The van der Waals surface area contributed by atoms with Crippen LogP contribution in [0.5, 0.6) is 11.5 Å². The van der Waals surface area contributed by atoms with E-state index in [4.69, 9.17) is 14.7 Å². The first kappa shape index (κ1) is 20.8. The first-order chi connectivity index (χ1) is 14.7. The van der Waals surface area contributed by atoms with E-state index < -0.39 is 0 Å². The first-order valence-electron chi connectivity index (χ1n) is 11.2. The van der Waals surface area contributed by atoms with Gasteiger partial charge >= 0.3 is 0 Å². The van der Waals surface area contributed by atoms with Gasteiger partial charge in [-0.15, -0.1) is 0 Å². The molecule has 0 spiro atoms. The number of anilines is 1. The molecular weight excluding hydrogens is 380 g/mol. The van der Waals surface area contributed by atoms with Gasteiger partial charge in [0.2, 0.25) is 5.91 Å². The maximum absolute atomic E-state index is 11.6. The number of benzene rings is 1. The number of ether oxygens (including phenoxy) is 2. The summed E-state index contributed by atoms with van der Waals surface area (Å²) < 4.78 is 11.3. The van der Waals surface area contributed by atoms with E-state index in [9.17, 15) is 4.79 Å². The highest BCUT2D eigenvalue weighted by Gasteiger charge is 2.24. The molecule has 7 nitrogen and oxygen atoms in total. The van der Waals surface area contributed by atoms with Crippen molar-refractivity contribution in [1.82, 2.24) is 10.2 Å². The maximum Gasteiger partial charge on any atom is 0.234 e. The predicted octanol–water partition coefficient (Wildman–Crippen LogP) is 2.56. The Labute approximate surface area is 178 Å². The molecule has 0 aromatic heterocycles. The minimum atomic E-state index is -0.128. The number of fused-ring (bicyclic) bond motifs is 1. The molecule has 1 amide bonds. The molecule has 0 unspecified atom stereocenters. The van der Waals surface area contributed by atoms with Gasteiger partial charge in [-0.05, 0) is 56.7 Å². The molecule has 4 rings (SSSR count). The van der Waals surface area contributed by atoms with E-state index in [0.29, 0.717) is 13.2 Å². The fourth-order valence-electron chi connectivity index (χ4n) is 4.77. The highest BCUT2D eigenvalue weighted by Crippen LogP contribution is 2.34. The number of carbonyl (C=O) groups excluding carboxylic acids is 1. The van der Waals surface area contributed by atoms with Crippen LogP contribution in [0.3, 0.4) is 0 Å². The van der Waals surface area contributed by atoms with Crippen LogP contribution in [0.15, 0.2) is 18.2 Å². The summed E-state index contributed by atoms with van der Waals surface area (Å²) in [4.78, 5) is 16.6. The monoisotopic (exact) mass is 412 g/mol. The molecule has 2 fully saturated rings. The summed E-state index contributed by atoms with van der Waals surface area (Å²) in [5.41, 5.74) is 1.22. The number of carbonyl (C=O) groups is 1. The maximum atomic E-state index is 11.6. The molecule has 0 radical (unpaired) electrons. The van der Waals surface area contributed by atoms with Crippen LogP contribution in [0.4, 0.5) is 5.69 Å². The summed E-state index contributed by atoms with van der Waals surface area (Å²) in [7, 11) is 0. The lowest BCUT2D eigenvalue weighted by atomic mass is 9.84. The fraction of sp³-hybridized carbons (Fsp3) is 0.652. The number of rotatable bonds is 6. The standard InChI is InChI=1S/C23H32N4O3/c24-9-7-23(28)25-19-3-1-18(2-4-19)8-10-26-11-13-27(14-12-26)20-5-6-21-22(17-20)30-16-15-29-21/h5-6,17-19H,1-4,7-8,10-16H2,(H,25,28)/t18-,19-. The molecule has 1 aromatic carbocycles. The molecule has 1 saturated heterocycles. The van der Waals surface area contributed by atoms with Crippen LogP contribution < -0.4 is 19.7 Å². The normalized spacial score (nSPS) is 24.2. The summed E-state index contributed by atoms with van der Waals surface area (Å²) >= 11 is 0. The van der Waals surface area contributed by atoms with Crippen molar-refractivity contribution < 1.29 is 14.3 Å². The van der Waals surface area contributed by atoms with Gasteiger partial charge in [0.05, 0.1) is 6.07 Å². The average Bonchev–Trinajstić information content (AvgIpc) is 2.79. The van der Waals surface area contributed by atoms with Crippen LogP contribution in [0.2, 0.25) is 0 Å². The summed E-state index contributed by atoms with van der Waals surface area (Å²) in [5.74, 6) is 2.34. The van der Waals surface area contributed by atoms with Crippen LogP contribution in [-0.2, 0) is 4.79 Å². The minimum Gasteiger partial charge on any atom is -0.486 e. The van der Waals surface area contributed by atoms with Crippen molar-refractivity contribution in [3.63, 3.8) is 0 Å². The number of nitrogens with one attached hydrogen (secondary N) is 1. The highest BCUT2D eigenvalue weighted by atomic mass is 16.6. The van der Waals surface area contributed by atoms with Crippen molar-refractivity contribution in [3.05, 3.63) is 18.2 Å². The van der Waals surface area contributed by atoms with E-state index in [0.717, 1.165) is 63.0 Å². The van der Waals surface area contributed by atoms with Crippen LogP contribution in [0, 0.1) is 17.2 Å². The Bertz CT molecular complexity index is 762. The van der Waals surface area contributed by atoms with Gasteiger partial charge in [0.25, 0.3) is 0 Å². The zero-order valence-electron chi connectivity index (χ0n) is 17.6.